The van der Waals surface area contributed by atoms with Crippen LogP contribution in [0.3, 0.4) is 0 Å². The molecular weight excluding hydrogens is 210 g/mol. The monoisotopic (exact) mass is 221 g/mol. The van der Waals surface area contributed by atoms with Gasteiger partial charge in [0.1, 0.15) is 5.82 Å². The van der Waals surface area contributed by atoms with Gasteiger partial charge in [0.15, 0.2) is 0 Å². The first-order chi connectivity index (χ1) is 6.95. The van der Waals surface area contributed by atoms with Crippen molar-refractivity contribution in [3.05, 3.63) is 29.6 Å². The zero-order chi connectivity index (χ0) is 11.5. The molecule has 1 rings (SSSR count). The summed E-state index contributed by atoms with van der Waals surface area (Å²) >= 11 is 0. The van der Waals surface area contributed by atoms with Gasteiger partial charge in [0.25, 0.3) is 0 Å². The lowest BCUT2D eigenvalue weighted by Crippen LogP contribution is -2.09. The van der Waals surface area contributed by atoms with Gasteiger partial charge in [-0.15, -0.1) is 0 Å². The summed E-state index contributed by atoms with van der Waals surface area (Å²) in [4.78, 5) is 0. The molecule has 0 saturated heterocycles. The molecule has 1 N–H and O–H groups in total. The Balaban J connectivity index is 2.95. The van der Waals surface area contributed by atoms with Crippen molar-refractivity contribution < 1.29 is 17.6 Å². The Labute approximate surface area is 85.1 Å². The normalized spacial score (nSPS) is 11.5. The lowest BCUT2D eigenvalue weighted by atomic mass is 10.2. The van der Waals surface area contributed by atoms with Crippen LogP contribution in [-0.2, 0) is 6.18 Å². The Morgan fingerprint density at radius 3 is 2.47 bits per heavy atom. The van der Waals surface area contributed by atoms with E-state index in [0.29, 0.717) is 6.54 Å². The minimum atomic E-state index is -4.64. The number of benzene rings is 1. The Bertz CT molecular complexity index is 333. The van der Waals surface area contributed by atoms with Crippen molar-refractivity contribution in [3.8, 4) is 0 Å². The number of rotatable bonds is 3. The number of halogens is 4. The number of hydrogen-bond acceptors (Lipinski definition) is 1. The summed E-state index contributed by atoms with van der Waals surface area (Å²) < 4.78 is 49.7. The van der Waals surface area contributed by atoms with Crippen molar-refractivity contribution in [2.24, 2.45) is 0 Å². The van der Waals surface area contributed by atoms with Gasteiger partial charge in [0.05, 0.1) is 5.56 Å². The highest BCUT2D eigenvalue weighted by Crippen LogP contribution is 2.32. The van der Waals surface area contributed by atoms with E-state index in [1.165, 1.54) is 6.07 Å². The highest BCUT2D eigenvalue weighted by Gasteiger charge is 2.34. The molecule has 84 valence electrons. The van der Waals surface area contributed by atoms with E-state index < -0.39 is 17.6 Å². The van der Waals surface area contributed by atoms with Crippen molar-refractivity contribution in [3.63, 3.8) is 0 Å². The number of hydrogen-bond donors (Lipinski definition) is 1. The minimum Gasteiger partial charge on any atom is -0.385 e. The molecule has 0 heterocycles. The van der Waals surface area contributed by atoms with Gasteiger partial charge in [-0.1, -0.05) is 6.92 Å². The van der Waals surface area contributed by atoms with Crippen LogP contribution in [0.5, 0.6) is 0 Å². The van der Waals surface area contributed by atoms with Crippen LogP contribution in [-0.4, -0.2) is 6.54 Å². The molecule has 0 spiro atoms. The van der Waals surface area contributed by atoms with E-state index in [0.717, 1.165) is 18.6 Å². The Hall–Kier alpha value is -1.26. The van der Waals surface area contributed by atoms with Gasteiger partial charge < -0.3 is 5.32 Å². The summed E-state index contributed by atoms with van der Waals surface area (Å²) in [7, 11) is 0. The molecule has 0 atom stereocenters. The molecule has 0 aliphatic rings. The molecule has 0 radical (unpaired) electrons. The summed E-state index contributed by atoms with van der Waals surface area (Å²) in [6, 6.07) is 2.89. The van der Waals surface area contributed by atoms with Crippen molar-refractivity contribution in [1.29, 1.82) is 0 Å². The van der Waals surface area contributed by atoms with E-state index in [9.17, 15) is 17.6 Å². The van der Waals surface area contributed by atoms with Crippen LogP contribution in [0.15, 0.2) is 18.2 Å². The quantitative estimate of drug-likeness (QED) is 0.768. The summed E-state index contributed by atoms with van der Waals surface area (Å²) in [6.07, 6.45) is -3.85. The van der Waals surface area contributed by atoms with Crippen molar-refractivity contribution in [2.75, 3.05) is 11.9 Å². The fraction of sp³-hybridized carbons (Fsp3) is 0.400. The van der Waals surface area contributed by atoms with Crippen molar-refractivity contribution >= 4 is 5.69 Å². The number of nitrogens with one attached hydrogen (secondary N) is 1. The molecule has 1 aromatic rings. The minimum absolute atomic E-state index is 0.283. The van der Waals surface area contributed by atoms with Crippen LogP contribution in [0, 0.1) is 5.82 Å². The summed E-state index contributed by atoms with van der Waals surface area (Å²) in [5, 5.41) is 2.77. The standard InChI is InChI=1S/C10H11F4N/c1-2-5-15-7-3-4-9(11)8(6-7)10(12,13)14/h3-4,6,15H,2,5H2,1H3. The number of anilines is 1. The van der Waals surface area contributed by atoms with Crippen LogP contribution in [0.2, 0.25) is 0 Å². The van der Waals surface area contributed by atoms with E-state index >= 15 is 0 Å². The fourth-order valence-corrected chi connectivity index (χ4v) is 1.12. The third-order valence-corrected chi connectivity index (χ3v) is 1.85. The molecule has 0 fully saturated rings. The van der Waals surface area contributed by atoms with Gasteiger partial charge in [-0.3, -0.25) is 0 Å². The van der Waals surface area contributed by atoms with Crippen LogP contribution in [0.4, 0.5) is 23.2 Å². The molecule has 1 nitrogen and oxygen atoms in total. The maximum Gasteiger partial charge on any atom is 0.419 e. The van der Waals surface area contributed by atoms with Crippen LogP contribution in [0.1, 0.15) is 18.9 Å². The lowest BCUT2D eigenvalue weighted by molar-refractivity contribution is -0.139. The molecular formula is C10H11F4N. The predicted molar refractivity (Wildman–Crippen MR) is 50.2 cm³/mol. The third kappa shape index (κ3) is 3.11. The molecule has 1 aromatic carbocycles. The Morgan fingerprint density at radius 1 is 1.27 bits per heavy atom. The van der Waals surface area contributed by atoms with Gasteiger partial charge in [-0.25, -0.2) is 4.39 Å². The van der Waals surface area contributed by atoms with Gasteiger partial charge >= 0.3 is 6.18 Å². The van der Waals surface area contributed by atoms with E-state index in [-0.39, 0.29) is 5.69 Å². The summed E-state index contributed by atoms with van der Waals surface area (Å²) in [5.74, 6) is -1.25. The first-order valence-electron chi connectivity index (χ1n) is 4.55. The average Bonchev–Trinajstić information content (AvgIpc) is 2.15. The number of alkyl halides is 3. The average molecular weight is 221 g/mol. The highest BCUT2D eigenvalue weighted by atomic mass is 19.4. The first kappa shape index (κ1) is 11.8. The summed E-state index contributed by atoms with van der Waals surface area (Å²) in [5.41, 5.74) is -0.950. The van der Waals surface area contributed by atoms with Gasteiger partial charge in [-0.2, -0.15) is 13.2 Å². The third-order valence-electron chi connectivity index (χ3n) is 1.85. The van der Waals surface area contributed by atoms with Crippen molar-refractivity contribution in [1.82, 2.24) is 0 Å². The van der Waals surface area contributed by atoms with Gasteiger partial charge in [0, 0.05) is 12.2 Å². The van der Waals surface area contributed by atoms with Crippen LogP contribution < -0.4 is 5.32 Å². The molecule has 0 amide bonds. The van der Waals surface area contributed by atoms with Crippen molar-refractivity contribution in [2.45, 2.75) is 19.5 Å². The van der Waals surface area contributed by atoms with Gasteiger partial charge in [0.2, 0.25) is 0 Å². The predicted octanol–water partition coefficient (Wildman–Crippen LogP) is 3.67. The lowest BCUT2D eigenvalue weighted by Gasteiger charge is -2.11. The van der Waals surface area contributed by atoms with E-state index in [2.05, 4.69) is 5.32 Å². The van der Waals surface area contributed by atoms with Gasteiger partial charge in [-0.05, 0) is 24.6 Å². The Kier molecular flexibility index (Phi) is 3.55. The van der Waals surface area contributed by atoms with E-state index in [1.807, 2.05) is 6.92 Å². The van der Waals surface area contributed by atoms with E-state index in [1.54, 1.807) is 0 Å². The maximum atomic E-state index is 12.8. The van der Waals surface area contributed by atoms with Crippen LogP contribution >= 0.6 is 0 Å². The molecule has 0 aromatic heterocycles. The largest absolute Gasteiger partial charge is 0.419 e. The summed E-state index contributed by atoms with van der Waals surface area (Å²) in [6.45, 7) is 2.45. The second kappa shape index (κ2) is 4.51. The second-order valence-electron chi connectivity index (χ2n) is 3.12. The Morgan fingerprint density at radius 2 is 1.93 bits per heavy atom. The van der Waals surface area contributed by atoms with Crippen LogP contribution in [0.25, 0.3) is 0 Å². The highest BCUT2D eigenvalue weighted by molar-refractivity contribution is 5.46. The molecule has 0 unspecified atom stereocenters. The fourth-order valence-electron chi connectivity index (χ4n) is 1.12. The molecule has 5 heteroatoms. The maximum absolute atomic E-state index is 12.8. The second-order valence-corrected chi connectivity index (χ2v) is 3.12. The zero-order valence-electron chi connectivity index (χ0n) is 8.16. The first-order valence-corrected chi connectivity index (χ1v) is 4.55. The molecule has 0 aliphatic heterocycles. The smallest absolute Gasteiger partial charge is 0.385 e. The topological polar surface area (TPSA) is 12.0 Å². The zero-order valence-corrected chi connectivity index (χ0v) is 8.16. The van der Waals surface area contributed by atoms with E-state index in [4.69, 9.17) is 0 Å². The molecule has 0 saturated carbocycles. The SMILES string of the molecule is CCCNc1ccc(F)c(C(F)(F)F)c1. The molecule has 15 heavy (non-hydrogen) atoms. The molecule has 0 aliphatic carbocycles. The molecule has 0 bridgehead atoms.